The van der Waals surface area contributed by atoms with Crippen LogP contribution in [-0.4, -0.2) is 17.4 Å². The Morgan fingerprint density at radius 1 is 1.25 bits per heavy atom. The molecule has 1 aromatic carbocycles. The van der Waals surface area contributed by atoms with Crippen LogP contribution in [0.3, 0.4) is 0 Å². The van der Waals surface area contributed by atoms with Crippen LogP contribution in [0.2, 0.25) is 0 Å². The highest BCUT2D eigenvalue weighted by atomic mass is 79.9. The van der Waals surface area contributed by atoms with Gasteiger partial charge in [0.25, 0.3) is 0 Å². The van der Waals surface area contributed by atoms with Gasteiger partial charge in [0, 0.05) is 11.8 Å². The molecule has 1 aromatic rings. The van der Waals surface area contributed by atoms with E-state index in [1.807, 2.05) is 18.2 Å². The highest BCUT2D eigenvalue weighted by Gasteiger charge is 2.10. The Hall–Kier alpha value is -1.09. The number of halogens is 1. The lowest BCUT2D eigenvalue weighted by molar-refractivity contribution is -0.147. The van der Waals surface area contributed by atoms with Gasteiger partial charge in [0.05, 0.1) is 0 Å². The number of esters is 1. The zero-order valence-corrected chi connectivity index (χ0v) is 13.5. The minimum Gasteiger partial charge on any atom is -0.458 e. The number of aryl methyl sites for hydroxylation is 1. The van der Waals surface area contributed by atoms with Gasteiger partial charge in [-0.15, -0.1) is 0 Å². The number of alkyl halides is 1. The number of ether oxygens (including phenoxy) is 1. The summed E-state index contributed by atoms with van der Waals surface area (Å²) in [6.07, 6.45) is 6.79. The Bertz CT molecular complexity index is 389. The minimum atomic E-state index is -0.182. The van der Waals surface area contributed by atoms with Crippen molar-refractivity contribution in [1.82, 2.24) is 0 Å². The molecule has 0 heterocycles. The summed E-state index contributed by atoms with van der Waals surface area (Å²) in [7, 11) is 0. The smallest absolute Gasteiger partial charge is 0.306 e. The third kappa shape index (κ3) is 7.49. The van der Waals surface area contributed by atoms with Gasteiger partial charge in [-0.1, -0.05) is 65.3 Å². The fraction of sp³-hybridized carbons (Fsp3) is 0.471. The van der Waals surface area contributed by atoms with Crippen molar-refractivity contribution in [1.29, 1.82) is 0 Å². The highest BCUT2D eigenvalue weighted by molar-refractivity contribution is 9.09. The Labute approximate surface area is 130 Å². The summed E-state index contributed by atoms with van der Waals surface area (Å²) in [5.41, 5.74) is 1.26. The quantitative estimate of drug-likeness (QED) is 0.268. The average Bonchev–Trinajstić information content (AvgIpc) is 2.49. The first-order chi connectivity index (χ1) is 9.76. The first-order valence-electron chi connectivity index (χ1n) is 7.18. The van der Waals surface area contributed by atoms with E-state index in [1.165, 1.54) is 5.56 Å². The summed E-state index contributed by atoms with van der Waals surface area (Å²) in [4.78, 5) is 11.7. The summed E-state index contributed by atoms with van der Waals surface area (Å²) in [5, 5.41) is 0.994. The summed E-state index contributed by atoms with van der Waals surface area (Å²) < 4.78 is 5.43. The average molecular weight is 339 g/mol. The molecule has 0 radical (unpaired) electrons. The number of unbranched alkanes of at least 4 members (excludes halogenated alkanes) is 2. The molecule has 0 amide bonds. The lowest BCUT2D eigenvalue weighted by Gasteiger charge is -2.14. The van der Waals surface area contributed by atoms with Crippen LogP contribution in [0.4, 0.5) is 0 Å². The van der Waals surface area contributed by atoms with Crippen molar-refractivity contribution >= 4 is 21.9 Å². The highest BCUT2D eigenvalue weighted by Crippen LogP contribution is 2.10. The number of rotatable bonds is 10. The molecule has 0 aromatic heterocycles. The van der Waals surface area contributed by atoms with Crippen LogP contribution < -0.4 is 0 Å². The Morgan fingerprint density at radius 3 is 2.65 bits per heavy atom. The molecular formula is C17H23BrO2. The number of carbonyl (C=O) groups excluding carboxylic acids is 1. The molecule has 1 atom stereocenters. The van der Waals surface area contributed by atoms with Crippen LogP contribution in [0.25, 0.3) is 0 Å². The SMILES string of the molecule is C=CC(CCc1ccccc1)OC(=O)CCCCCBr. The van der Waals surface area contributed by atoms with Gasteiger partial charge >= 0.3 is 5.97 Å². The molecule has 0 aliphatic heterocycles. The minimum absolute atomic E-state index is 0.113. The summed E-state index contributed by atoms with van der Waals surface area (Å²) >= 11 is 3.38. The van der Waals surface area contributed by atoms with Gasteiger partial charge in [-0.05, 0) is 31.2 Å². The van der Waals surface area contributed by atoms with Crippen LogP contribution in [0, 0.1) is 0 Å². The molecule has 110 valence electrons. The first kappa shape index (κ1) is 17.0. The van der Waals surface area contributed by atoms with E-state index in [1.54, 1.807) is 6.08 Å². The molecule has 0 aliphatic carbocycles. The van der Waals surface area contributed by atoms with Crippen LogP contribution in [0.1, 0.15) is 37.7 Å². The molecule has 0 saturated heterocycles. The molecule has 2 nitrogen and oxygen atoms in total. The fourth-order valence-electron chi connectivity index (χ4n) is 1.95. The van der Waals surface area contributed by atoms with Crippen LogP contribution in [0.5, 0.6) is 0 Å². The topological polar surface area (TPSA) is 26.3 Å². The second-order valence-corrected chi connectivity index (χ2v) is 5.58. The predicted molar refractivity (Wildman–Crippen MR) is 87.1 cm³/mol. The van der Waals surface area contributed by atoms with Crippen molar-refractivity contribution < 1.29 is 9.53 Å². The molecule has 0 spiro atoms. The Balaban J connectivity index is 2.25. The summed E-state index contributed by atoms with van der Waals surface area (Å²) in [6, 6.07) is 10.2. The van der Waals surface area contributed by atoms with Crippen molar-refractivity contribution in [2.24, 2.45) is 0 Å². The van der Waals surface area contributed by atoms with Crippen LogP contribution in [-0.2, 0) is 16.0 Å². The van der Waals surface area contributed by atoms with Gasteiger partial charge in [-0.2, -0.15) is 0 Å². The van der Waals surface area contributed by atoms with Gasteiger partial charge in [0.1, 0.15) is 6.10 Å². The van der Waals surface area contributed by atoms with Gasteiger partial charge in [0.2, 0.25) is 0 Å². The maximum Gasteiger partial charge on any atom is 0.306 e. The maximum atomic E-state index is 11.7. The number of hydrogen-bond donors (Lipinski definition) is 0. The van der Waals surface area contributed by atoms with Crippen molar-refractivity contribution in [2.75, 3.05) is 5.33 Å². The van der Waals surface area contributed by atoms with E-state index in [0.29, 0.717) is 6.42 Å². The molecule has 0 fully saturated rings. The van der Waals surface area contributed by atoms with Crippen LogP contribution in [0.15, 0.2) is 43.0 Å². The van der Waals surface area contributed by atoms with Gasteiger partial charge in [-0.25, -0.2) is 0 Å². The van der Waals surface area contributed by atoms with Gasteiger partial charge in [0.15, 0.2) is 0 Å². The zero-order chi connectivity index (χ0) is 14.6. The third-order valence-corrected chi connectivity index (χ3v) is 3.68. The molecule has 0 aliphatic rings. The van der Waals surface area contributed by atoms with E-state index >= 15 is 0 Å². The van der Waals surface area contributed by atoms with Crippen molar-refractivity contribution in [3.8, 4) is 0 Å². The van der Waals surface area contributed by atoms with Gasteiger partial charge in [-0.3, -0.25) is 4.79 Å². The van der Waals surface area contributed by atoms with Crippen molar-refractivity contribution in [3.05, 3.63) is 48.6 Å². The molecule has 0 N–H and O–H groups in total. The predicted octanol–water partition coefficient (Wildman–Crippen LogP) is 4.67. The Kier molecular flexibility index (Phi) is 9.05. The monoisotopic (exact) mass is 338 g/mol. The van der Waals surface area contributed by atoms with Crippen molar-refractivity contribution in [2.45, 2.75) is 44.6 Å². The normalized spacial score (nSPS) is 11.8. The first-order valence-corrected chi connectivity index (χ1v) is 8.30. The lowest BCUT2D eigenvalue weighted by Crippen LogP contribution is -2.16. The second kappa shape index (κ2) is 10.7. The molecule has 0 bridgehead atoms. The third-order valence-electron chi connectivity index (χ3n) is 3.12. The van der Waals surface area contributed by atoms with E-state index in [9.17, 15) is 4.79 Å². The maximum absolute atomic E-state index is 11.7. The molecular weight excluding hydrogens is 316 g/mol. The largest absolute Gasteiger partial charge is 0.458 e. The van der Waals surface area contributed by atoms with E-state index in [4.69, 9.17) is 4.74 Å². The second-order valence-electron chi connectivity index (χ2n) is 4.79. The van der Waals surface area contributed by atoms with Gasteiger partial charge < -0.3 is 4.74 Å². The molecule has 20 heavy (non-hydrogen) atoms. The van der Waals surface area contributed by atoms with E-state index < -0.39 is 0 Å². The Morgan fingerprint density at radius 2 is 2.00 bits per heavy atom. The van der Waals surface area contributed by atoms with Crippen molar-refractivity contribution in [3.63, 3.8) is 0 Å². The van der Waals surface area contributed by atoms with E-state index in [2.05, 4.69) is 34.6 Å². The molecule has 1 rings (SSSR count). The zero-order valence-electron chi connectivity index (χ0n) is 11.9. The fourth-order valence-corrected chi connectivity index (χ4v) is 2.34. The number of carbonyl (C=O) groups is 1. The standard InChI is InChI=1S/C17H23BrO2/c1-2-16(13-12-15-9-5-3-6-10-15)20-17(19)11-7-4-8-14-18/h2-3,5-6,9-10,16H,1,4,7-8,11-14H2. The van der Waals surface area contributed by atoms with Crippen LogP contribution >= 0.6 is 15.9 Å². The number of hydrogen-bond acceptors (Lipinski definition) is 2. The summed E-state index contributed by atoms with van der Waals surface area (Å²) in [5.74, 6) is -0.113. The lowest BCUT2D eigenvalue weighted by atomic mass is 10.1. The van der Waals surface area contributed by atoms with E-state index in [0.717, 1.165) is 37.4 Å². The summed E-state index contributed by atoms with van der Waals surface area (Å²) in [6.45, 7) is 3.75. The molecule has 0 saturated carbocycles. The number of benzene rings is 1. The van der Waals surface area contributed by atoms with E-state index in [-0.39, 0.29) is 12.1 Å². The molecule has 1 unspecified atom stereocenters. The molecule has 3 heteroatoms.